The maximum Gasteiger partial charge on any atom is 0.254 e. The maximum atomic E-state index is 11.8. The monoisotopic (exact) mass is 253 g/mol. The zero-order chi connectivity index (χ0) is 13.5. The van der Waals surface area contributed by atoms with E-state index in [1.54, 1.807) is 17.1 Å². The number of carbonyl (C=O) groups excluding carboxylic acids is 1. The molecule has 0 spiro atoms. The number of hydrogen-bond acceptors (Lipinski definition) is 2. The third-order valence-corrected chi connectivity index (χ3v) is 2.65. The Morgan fingerprint density at radius 1 is 1.37 bits per heavy atom. The average molecular weight is 253 g/mol. The van der Waals surface area contributed by atoms with Gasteiger partial charge in [0.15, 0.2) is 0 Å². The van der Waals surface area contributed by atoms with Crippen molar-refractivity contribution in [2.24, 2.45) is 0 Å². The molecule has 0 radical (unpaired) electrons. The Kier molecular flexibility index (Phi) is 4.35. The van der Waals surface area contributed by atoms with Gasteiger partial charge in [0, 0.05) is 19.2 Å². The third-order valence-electron chi connectivity index (χ3n) is 2.65. The second-order valence-electron chi connectivity index (χ2n) is 4.07. The first-order valence-electron chi connectivity index (χ1n) is 6.13. The summed E-state index contributed by atoms with van der Waals surface area (Å²) >= 11 is 0. The van der Waals surface area contributed by atoms with Crippen LogP contribution in [-0.2, 0) is 0 Å². The minimum atomic E-state index is -0.126. The van der Waals surface area contributed by atoms with Gasteiger partial charge in [0.25, 0.3) is 5.91 Å². The van der Waals surface area contributed by atoms with Gasteiger partial charge < -0.3 is 5.32 Å². The molecule has 96 valence electrons. The molecule has 0 saturated heterocycles. The van der Waals surface area contributed by atoms with E-state index in [4.69, 9.17) is 6.42 Å². The molecule has 1 N–H and O–H groups in total. The zero-order valence-electron chi connectivity index (χ0n) is 10.5. The highest BCUT2D eigenvalue weighted by atomic mass is 16.1. The van der Waals surface area contributed by atoms with Gasteiger partial charge in [-0.1, -0.05) is 18.2 Å². The summed E-state index contributed by atoms with van der Waals surface area (Å²) in [6.07, 6.45) is 9.88. The van der Waals surface area contributed by atoms with E-state index in [2.05, 4.69) is 16.3 Å². The Labute approximate surface area is 112 Å². The van der Waals surface area contributed by atoms with E-state index < -0.39 is 0 Å². The predicted octanol–water partition coefficient (Wildman–Crippen LogP) is 2.02. The summed E-state index contributed by atoms with van der Waals surface area (Å²) in [6, 6.07) is 9.66. The van der Waals surface area contributed by atoms with Crippen LogP contribution in [-0.4, -0.2) is 22.2 Å². The maximum absolute atomic E-state index is 11.8. The highest BCUT2D eigenvalue weighted by molar-refractivity contribution is 5.93. The molecule has 1 aromatic carbocycles. The van der Waals surface area contributed by atoms with Gasteiger partial charge in [0.05, 0.1) is 17.4 Å². The van der Waals surface area contributed by atoms with Gasteiger partial charge in [0.1, 0.15) is 0 Å². The van der Waals surface area contributed by atoms with E-state index >= 15 is 0 Å². The second-order valence-corrected chi connectivity index (χ2v) is 4.07. The number of nitrogens with one attached hydrogen (secondary N) is 1. The van der Waals surface area contributed by atoms with Gasteiger partial charge in [-0.3, -0.25) is 4.79 Å². The molecule has 0 aliphatic carbocycles. The normalized spacial score (nSPS) is 9.84. The molecule has 0 aliphatic rings. The molecule has 0 fully saturated rings. The molecule has 4 nitrogen and oxygen atoms in total. The lowest BCUT2D eigenvalue weighted by molar-refractivity contribution is 0.0953. The molecule has 0 atom stereocenters. The van der Waals surface area contributed by atoms with Gasteiger partial charge in [-0.2, -0.15) is 5.10 Å². The Bertz CT molecular complexity index is 581. The molecule has 2 aromatic rings. The van der Waals surface area contributed by atoms with Crippen molar-refractivity contribution in [3.8, 4) is 18.0 Å². The van der Waals surface area contributed by atoms with Crippen LogP contribution in [0, 0.1) is 12.3 Å². The van der Waals surface area contributed by atoms with E-state index in [-0.39, 0.29) is 5.91 Å². The van der Waals surface area contributed by atoms with Crippen LogP contribution < -0.4 is 5.32 Å². The summed E-state index contributed by atoms with van der Waals surface area (Å²) in [5.41, 5.74) is 1.47. The highest BCUT2D eigenvalue weighted by Crippen LogP contribution is 2.07. The fourth-order valence-corrected chi connectivity index (χ4v) is 1.66. The summed E-state index contributed by atoms with van der Waals surface area (Å²) in [7, 11) is 0. The number of carbonyl (C=O) groups is 1. The van der Waals surface area contributed by atoms with Crippen LogP contribution >= 0.6 is 0 Å². The highest BCUT2D eigenvalue weighted by Gasteiger charge is 2.08. The lowest BCUT2D eigenvalue weighted by atomic mass is 10.3. The van der Waals surface area contributed by atoms with Gasteiger partial charge >= 0.3 is 0 Å². The van der Waals surface area contributed by atoms with Crippen LogP contribution in [0.2, 0.25) is 0 Å². The first-order valence-corrected chi connectivity index (χ1v) is 6.13. The molecule has 0 aliphatic heterocycles. The predicted molar refractivity (Wildman–Crippen MR) is 74.0 cm³/mol. The molecule has 1 heterocycles. The third kappa shape index (κ3) is 3.46. The number of rotatable bonds is 5. The van der Waals surface area contributed by atoms with Crippen molar-refractivity contribution in [1.82, 2.24) is 15.1 Å². The molecule has 0 saturated carbocycles. The quantitative estimate of drug-likeness (QED) is 0.654. The van der Waals surface area contributed by atoms with Gasteiger partial charge in [-0.25, -0.2) is 4.68 Å². The Hall–Kier alpha value is -2.54. The first-order chi connectivity index (χ1) is 9.31. The molecule has 19 heavy (non-hydrogen) atoms. The van der Waals surface area contributed by atoms with E-state index in [0.29, 0.717) is 18.5 Å². The zero-order valence-corrected chi connectivity index (χ0v) is 10.5. The number of aromatic nitrogens is 2. The largest absolute Gasteiger partial charge is 0.352 e. The van der Waals surface area contributed by atoms with Gasteiger partial charge in [-0.15, -0.1) is 12.3 Å². The van der Waals surface area contributed by atoms with Crippen molar-refractivity contribution in [2.75, 3.05) is 6.54 Å². The van der Waals surface area contributed by atoms with Crippen LogP contribution in [0.5, 0.6) is 0 Å². The molecule has 4 heteroatoms. The van der Waals surface area contributed by atoms with Crippen molar-refractivity contribution in [2.45, 2.75) is 12.8 Å². The minimum Gasteiger partial charge on any atom is -0.352 e. The number of benzene rings is 1. The van der Waals surface area contributed by atoms with E-state index in [1.807, 2.05) is 30.3 Å². The number of amides is 1. The molecule has 1 aromatic heterocycles. The SMILES string of the molecule is C#CCCCNC(=O)c1cnn(-c2ccccc2)c1. The van der Waals surface area contributed by atoms with Crippen LogP contribution in [0.4, 0.5) is 0 Å². The van der Waals surface area contributed by atoms with Gasteiger partial charge in [0.2, 0.25) is 0 Å². The minimum absolute atomic E-state index is 0.126. The molecule has 0 bridgehead atoms. The van der Waals surface area contributed by atoms with Crippen molar-refractivity contribution in [1.29, 1.82) is 0 Å². The Morgan fingerprint density at radius 2 is 2.16 bits per heavy atom. The first kappa shape index (κ1) is 12.9. The van der Waals surface area contributed by atoms with Crippen LogP contribution in [0.15, 0.2) is 42.7 Å². The molecular formula is C15H15N3O. The number of hydrogen-bond donors (Lipinski definition) is 1. The number of nitrogens with zero attached hydrogens (tertiary/aromatic N) is 2. The Balaban J connectivity index is 1.97. The van der Waals surface area contributed by atoms with Gasteiger partial charge in [-0.05, 0) is 18.6 Å². The summed E-state index contributed by atoms with van der Waals surface area (Å²) in [6.45, 7) is 0.583. The van der Waals surface area contributed by atoms with Crippen molar-refractivity contribution in [3.05, 3.63) is 48.3 Å². The summed E-state index contributed by atoms with van der Waals surface area (Å²) in [5.74, 6) is 2.41. The Morgan fingerprint density at radius 3 is 2.89 bits per heavy atom. The lowest BCUT2D eigenvalue weighted by Crippen LogP contribution is -2.23. The molecule has 0 unspecified atom stereocenters. The van der Waals surface area contributed by atoms with Crippen LogP contribution in [0.3, 0.4) is 0 Å². The topological polar surface area (TPSA) is 46.9 Å². The van der Waals surface area contributed by atoms with Crippen LogP contribution in [0.25, 0.3) is 5.69 Å². The number of para-hydroxylation sites is 1. The van der Waals surface area contributed by atoms with E-state index in [0.717, 1.165) is 12.1 Å². The summed E-state index contributed by atoms with van der Waals surface area (Å²) < 4.78 is 1.68. The van der Waals surface area contributed by atoms with E-state index in [9.17, 15) is 4.79 Å². The fourth-order valence-electron chi connectivity index (χ4n) is 1.66. The molecule has 1 amide bonds. The van der Waals surface area contributed by atoms with Crippen molar-refractivity contribution >= 4 is 5.91 Å². The number of unbranched alkanes of at least 4 members (excludes halogenated alkanes) is 1. The summed E-state index contributed by atoms with van der Waals surface area (Å²) in [4.78, 5) is 11.8. The average Bonchev–Trinajstić information content (AvgIpc) is 2.94. The molecule has 2 rings (SSSR count). The smallest absolute Gasteiger partial charge is 0.254 e. The molecular weight excluding hydrogens is 238 g/mol. The van der Waals surface area contributed by atoms with Crippen molar-refractivity contribution in [3.63, 3.8) is 0 Å². The second kappa shape index (κ2) is 6.41. The summed E-state index contributed by atoms with van der Waals surface area (Å²) in [5, 5.41) is 6.99. The van der Waals surface area contributed by atoms with E-state index in [1.165, 1.54) is 0 Å². The fraction of sp³-hybridized carbons (Fsp3) is 0.200. The lowest BCUT2D eigenvalue weighted by Gasteiger charge is -2.01. The standard InChI is InChI=1S/C15H15N3O/c1-2-3-7-10-16-15(19)13-11-17-18(12-13)14-8-5-4-6-9-14/h1,4-6,8-9,11-12H,3,7,10H2,(H,16,19). The number of terminal acetylenes is 1. The van der Waals surface area contributed by atoms with Crippen LogP contribution in [0.1, 0.15) is 23.2 Å². The van der Waals surface area contributed by atoms with Crippen molar-refractivity contribution < 1.29 is 4.79 Å².